The third-order valence-corrected chi connectivity index (χ3v) is 5.16. The highest BCUT2D eigenvalue weighted by Crippen LogP contribution is 2.33. The molecule has 20 heavy (non-hydrogen) atoms. The SMILES string of the molecule is CCc1cc2c(N3CCC(OC)CC3)nc(Cl)nc2s1. The average molecular weight is 312 g/mol. The molecule has 1 aliphatic rings. The van der Waals surface area contributed by atoms with Crippen LogP contribution in [0.5, 0.6) is 0 Å². The van der Waals surface area contributed by atoms with Crippen LogP contribution in [0.4, 0.5) is 5.82 Å². The highest BCUT2D eigenvalue weighted by atomic mass is 35.5. The lowest BCUT2D eigenvalue weighted by molar-refractivity contribution is 0.0818. The van der Waals surface area contributed by atoms with Crippen LogP contribution in [0.25, 0.3) is 10.2 Å². The standard InChI is InChI=1S/C14H18ClN3OS/c1-3-10-8-11-12(16-14(15)17-13(11)20-10)18-6-4-9(19-2)5-7-18/h8-9H,3-7H2,1-2H3. The first-order valence-electron chi connectivity index (χ1n) is 6.95. The van der Waals surface area contributed by atoms with Crippen molar-refractivity contribution >= 4 is 39.0 Å². The molecule has 1 saturated heterocycles. The molecule has 1 fully saturated rings. The first-order chi connectivity index (χ1) is 9.71. The number of hydrogen-bond donors (Lipinski definition) is 0. The fraction of sp³-hybridized carbons (Fsp3) is 0.571. The second-order valence-corrected chi connectivity index (χ2v) is 6.48. The number of nitrogens with zero attached hydrogens (tertiary/aromatic N) is 3. The Morgan fingerprint density at radius 3 is 2.80 bits per heavy atom. The third kappa shape index (κ3) is 2.62. The van der Waals surface area contributed by atoms with Crippen molar-refractivity contribution < 1.29 is 4.74 Å². The zero-order chi connectivity index (χ0) is 14.1. The molecule has 0 spiro atoms. The van der Waals surface area contributed by atoms with Crippen LogP contribution >= 0.6 is 22.9 Å². The summed E-state index contributed by atoms with van der Waals surface area (Å²) in [6.45, 7) is 4.07. The number of rotatable bonds is 3. The Balaban J connectivity index is 1.96. The van der Waals surface area contributed by atoms with Gasteiger partial charge >= 0.3 is 0 Å². The summed E-state index contributed by atoms with van der Waals surface area (Å²) in [5, 5.41) is 1.47. The number of aryl methyl sites for hydroxylation is 1. The Kier molecular flexibility index (Phi) is 4.10. The second-order valence-electron chi connectivity index (χ2n) is 5.02. The lowest BCUT2D eigenvalue weighted by Crippen LogP contribution is -2.37. The van der Waals surface area contributed by atoms with Gasteiger partial charge in [-0.15, -0.1) is 11.3 Å². The van der Waals surface area contributed by atoms with Crippen LogP contribution in [0, 0.1) is 0 Å². The minimum absolute atomic E-state index is 0.339. The van der Waals surface area contributed by atoms with Crippen molar-refractivity contribution in [3.05, 3.63) is 16.2 Å². The molecule has 0 unspecified atom stereocenters. The van der Waals surface area contributed by atoms with Gasteiger partial charge in [-0.3, -0.25) is 0 Å². The van der Waals surface area contributed by atoms with E-state index in [1.54, 1.807) is 18.4 Å². The Morgan fingerprint density at radius 1 is 1.40 bits per heavy atom. The summed E-state index contributed by atoms with van der Waals surface area (Å²) in [4.78, 5) is 13.4. The highest BCUT2D eigenvalue weighted by molar-refractivity contribution is 7.18. The molecule has 0 atom stereocenters. The van der Waals surface area contributed by atoms with E-state index in [-0.39, 0.29) is 0 Å². The molecular formula is C14H18ClN3OS. The third-order valence-electron chi connectivity index (χ3n) is 3.82. The molecule has 1 aliphatic heterocycles. The molecule has 108 valence electrons. The number of hydrogen-bond acceptors (Lipinski definition) is 5. The summed E-state index contributed by atoms with van der Waals surface area (Å²) in [6, 6.07) is 2.20. The Bertz CT molecular complexity index is 608. The van der Waals surface area contributed by atoms with E-state index in [1.807, 2.05) is 0 Å². The predicted molar refractivity (Wildman–Crippen MR) is 84.0 cm³/mol. The summed E-state index contributed by atoms with van der Waals surface area (Å²) in [5.41, 5.74) is 0. The van der Waals surface area contributed by atoms with Crippen molar-refractivity contribution in [1.29, 1.82) is 0 Å². The number of anilines is 1. The second kappa shape index (κ2) is 5.84. The molecule has 0 bridgehead atoms. The molecule has 0 N–H and O–H groups in total. The van der Waals surface area contributed by atoms with Gasteiger partial charge in [0, 0.05) is 25.1 Å². The molecule has 3 rings (SSSR count). The van der Waals surface area contributed by atoms with Crippen LogP contribution in [-0.2, 0) is 11.2 Å². The number of halogens is 1. The van der Waals surface area contributed by atoms with Crippen LogP contribution < -0.4 is 4.90 Å². The molecule has 0 amide bonds. The minimum atomic E-state index is 0.339. The topological polar surface area (TPSA) is 38.2 Å². The first kappa shape index (κ1) is 14.0. The van der Waals surface area contributed by atoms with Crippen molar-refractivity contribution in [3.63, 3.8) is 0 Å². The Morgan fingerprint density at radius 2 is 2.15 bits per heavy atom. The molecule has 0 aliphatic carbocycles. The van der Waals surface area contributed by atoms with Gasteiger partial charge < -0.3 is 9.64 Å². The first-order valence-corrected chi connectivity index (χ1v) is 8.14. The monoisotopic (exact) mass is 311 g/mol. The van der Waals surface area contributed by atoms with Gasteiger partial charge in [-0.05, 0) is 36.9 Å². The maximum atomic E-state index is 6.08. The van der Waals surface area contributed by atoms with Crippen molar-refractivity contribution in [3.8, 4) is 0 Å². The number of ether oxygens (including phenoxy) is 1. The van der Waals surface area contributed by atoms with Gasteiger partial charge in [-0.25, -0.2) is 4.98 Å². The van der Waals surface area contributed by atoms with Crippen molar-refractivity contribution in [1.82, 2.24) is 9.97 Å². The van der Waals surface area contributed by atoms with Gasteiger partial charge in [0.2, 0.25) is 5.28 Å². The molecule has 4 nitrogen and oxygen atoms in total. The van der Waals surface area contributed by atoms with E-state index in [4.69, 9.17) is 16.3 Å². The lowest BCUT2D eigenvalue weighted by atomic mass is 10.1. The number of fused-ring (bicyclic) bond motifs is 1. The summed E-state index contributed by atoms with van der Waals surface area (Å²) in [6.07, 6.45) is 3.45. The average Bonchev–Trinajstić information content (AvgIpc) is 2.89. The molecular weight excluding hydrogens is 294 g/mol. The molecule has 2 aromatic heterocycles. The van der Waals surface area contributed by atoms with Gasteiger partial charge in [0.05, 0.1) is 11.5 Å². The van der Waals surface area contributed by atoms with Crippen LogP contribution in [0.3, 0.4) is 0 Å². The molecule has 0 saturated carbocycles. The zero-order valence-electron chi connectivity index (χ0n) is 11.7. The quantitative estimate of drug-likeness (QED) is 0.813. The Labute approximate surface area is 127 Å². The maximum Gasteiger partial charge on any atom is 0.225 e. The zero-order valence-corrected chi connectivity index (χ0v) is 13.3. The van der Waals surface area contributed by atoms with E-state index < -0.39 is 0 Å². The predicted octanol–water partition coefficient (Wildman–Crippen LogP) is 3.52. The van der Waals surface area contributed by atoms with Crippen molar-refractivity contribution in [2.75, 3.05) is 25.1 Å². The summed E-state index contributed by atoms with van der Waals surface area (Å²) in [5.74, 6) is 0.977. The van der Waals surface area contributed by atoms with Crippen LogP contribution in [0.15, 0.2) is 6.07 Å². The van der Waals surface area contributed by atoms with Gasteiger partial charge in [-0.2, -0.15) is 4.98 Å². The number of thiophene rings is 1. The van der Waals surface area contributed by atoms with Crippen molar-refractivity contribution in [2.24, 2.45) is 0 Å². The normalized spacial score (nSPS) is 17.1. The van der Waals surface area contributed by atoms with Crippen LogP contribution in [0.1, 0.15) is 24.6 Å². The molecule has 0 radical (unpaired) electrons. The molecule has 6 heteroatoms. The largest absolute Gasteiger partial charge is 0.381 e. The minimum Gasteiger partial charge on any atom is -0.381 e. The fourth-order valence-electron chi connectivity index (χ4n) is 2.65. The van der Waals surface area contributed by atoms with E-state index in [9.17, 15) is 0 Å². The maximum absolute atomic E-state index is 6.08. The molecule has 3 heterocycles. The van der Waals surface area contributed by atoms with Gasteiger partial charge in [0.15, 0.2) is 0 Å². The molecule has 2 aromatic rings. The summed E-state index contributed by atoms with van der Waals surface area (Å²) >= 11 is 7.79. The highest BCUT2D eigenvalue weighted by Gasteiger charge is 2.22. The number of methoxy groups -OCH3 is 1. The van der Waals surface area contributed by atoms with Gasteiger partial charge in [0.1, 0.15) is 10.6 Å². The summed E-state index contributed by atoms with van der Waals surface area (Å²) in [7, 11) is 1.78. The molecule has 0 aromatic carbocycles. The fourth-order valence-corrected chi connectivity index (χ4v) is 3.83. The number of piperidine rings is 1. The van der Waals surface area contributed by atoms with E-state index in [2.05, 4.69) is 27.9 Å². The van der Waals surface area contributed by atoms with Crippen molar-refractivity contribution in [2.45, 2.75) is 32.3 Å². The smallest absolute Gasteiger partial charge is 0.225 e. The Hall–Kier alpha value is -0.910. The van der Waals surface area contributed by atoms with Crippen LogP contribution in [0.2, 0.25) is 5.28 Å². The van der Waals surface area contributed by atoms with Gasteiger partial charge in [0.25, 0.3) is 0 Å². The van der Waals surface area contributed by atoms with E-state index in [1.165, 1.54) is 4.88 Å². The van der Waals surface area contributed by atoms with Crippen LogP contribution in [-0.4, -0.2) is 36.3 Å². The van der Waals surface area contributed by atoms with E-state index >= 15 is 0 Å². The van der Waals surface area contributed by atoms with E-state index in [0.717, 1.165) is 48.4 Å². The summed E-state index contributed by atoms with van der Waals surface area (Å²) < 4.78 is 5.42. The van der Waals surface area contributed by atoms with Gasteiger partial charge in [-0.1, -0.05) is 6.92 Å². The lowest BCUT2D eigenvalue weighted by Gasteiger charge is -2.32. The van der Waals surface area contributed by atoms with E-state index in [0.29, 0.717) is 11.4 Å². The number of aromatic nitrogens is 2.